The molecule has 1 N–H and O–H groups in total. The SMILES string of the molecule is C[C@@H]1Cc2ccccc2[C@H]2CC[C@]3(C)[C@@H](O)CC[C@H]3[C@H]12. The standard InChI is InChI=1S/C19H26O/c1-12-11-13-5-3-4-6-14(13)15-9-10-19(2)16(18(12)15)7-8-17(19)20/h3-6,12,15-18,20H,7-11H2,1-2H3/t12-,15-,16+,17+,18-,19+/m1/s1. The van der Waals surface area contributed by atoms with Gasteiger partial charge in [0.1, 0.15) is 0 Å². The van der Waals surface area contributed by atoms with E-state index in [1.165, 1.54) is 25.7 Å². The summed E-state index contributed by atoms with van der Waals surface area (Å²) in [7, 11) is 0. The normalized spacial score (nSPS) is 46.5. The molecular weight excluding hydrogens is 244 g/mol. The maximum atomic E-state index is 10.5. The van der Waals surface area contributed by atoms with Crippen molar-refractivity contribution >= 4 is 0 Å². The van der Waals surface area contributed by atoms with E-state index in [1.807, 2.05) is 0 Å². The van der Waals surface area contributed by atoms with Crippen LogP contribution in [0.3, 0.4) is 0 Å². The van der Waals surface area contributed by atoms with E-state index in [1.54, 1.807) is 11.1 Å². The van der Waals surface area contributed by atoms with Crippen LogP contribution in [0.5, 0.6) is 0 Å². The Bertz CT molecular complexity index is 522. The van der Waals surface area contributed by atoms with Crippen LogP contribution in [-0.2, 0) is 6.42 Å². The average molecular weight is 270 g/mol. The highest BCUT2D eigenvalue weighted by atomic mass is 16.3. The molecule has 3 aliphatic carbocycles. The summed E-state index contributed by atoms with van der Waals surface area (Å²) in [5.74, 6) is 3.04. The fourth-order valence-electron chi connectivity index (χ4n) is 5.89. The Labute approximate surface area is 122 Å². The first-order chi connectivity index (χ1) is 9.61. The summed E-state index contributed by atoms with van der Waals surface area (Å²) in [6, 6.07) is 9.10. The van der Waals surface area contributed by atoms with E-state index in [0.29, 0.717) is 0 Å². The van der Waals surface area contributed by atoms with Crippen molar-refractivity contribution < 1.29 is 5.11 Å². The lowest BCUT2D eigenvalue weighted by molar-refractivity contribution is -0.0356. The van der Waals surface area contributed by atoms with Crippen LogP contribution < -0.4 is 0 Å². The molecule has 1 nitrogen and oxygen atoms in total. The Kier molecular flexibility index (Phi) is 2.79. The van der Waals surface area contributed by atoms with Crippen molar-refractivity contribution in [3.63, 3.8) is 0 Å². The topological polar surface area (TPSA) is 20.2 Å². The van der Waals surface area contributed by atoms with Crippen LogP contribution in [0, 0.1) is 23.2 Å². The largest absolute Gasteiger partial charge is 0.393 e. The van der Waals surface area contributed by atoms with Gasteiger partial charge in [-0.25, -0.2) is 0 Å². The first kappa shape index (κ1) is 12.9. The summed E-state index contributed by atoms with van der Waals surface area (Å²) in [5.41, 5.74) is 3.41. The Hall–Kier alpha value is -0.820. The smallest absolute Gasteiger partial charge is 0.0596 e. The number of fused-ring (bicyclic) bond motifs is 5. The zero-order chi connectivity index (χ0) is 13.9. The van der Waals surface area contributed by atoms with Gasteiger partial charge < -0.3 is 5.11 Å². The van der Waals surface area contributed by atoms with Gasteiger partial charge in [0.15, 0.2) is 0 Å². The van der Waals surface area contributed by atoms with Crippen LogP contribution in [-0.4, -0.2) is 11.2 Å². The van der Waals surface area contributed by atoms with E-state index < -0.39 is 0 Å². The molecule has 0 saturated heterocycles. The molecule has 1 aromatic rings. The maximum absolute atomic E-state index is 10.5. The Morgan fingerprint density at radius 1 is 1.15 bits per heavy atom. The first-order valence-electron chi connectivity index (χ1n) is 8.37. The van der Waals surface area contributed by atoms with Crippen LogP contribution >= 0.6 is 0 Å². The third-order valence-corrected chi connectivity index (χ3v) is 6.94. The molecule has 4 rings (SSSR count). The molecule has 0 aromatic heterocycles. The minimum absolute atomic E-state index is 0.0576. The third kappa shape index (κ3) is 1.59. The second kappa shape index (κ2) is 4.34. The molecule has 0 unspecified atom stereocenters. The van der Waals surface area contributed by atoms with Crippen molar-refractivity contribution in [1.82, 2.24) is 0 Å². The molecule has 2 fully saturated rings. The van der Waals surface area contributed by atoms with E-state index in [-0.39, 0.29) is 11.5 Å². The van der Waals surface area contributed by atoms with Crippen molar-refractivity contribution in [3.8, 4) is 0 Å². The van der Waals surface area contributed by atoms with Crippen LogP contribution in [0.15, 0.2) is 24.3 Å². The number of rotatable bonds is 0. The van der Waals surface area contributed by atoms with Gasteiger partial charge in [0.25, 0.3) is 0 Å². The number of hydrogen-bond donors (Lipinski definition) is 1. The van der Waals surface area contributed by atoms with E-state index >= 15 is 0 Å². The fourth-order valence-corrected chi connectivity index (χ4v) is 5.89. The monoisotopic (exact) mass is 270 g/mol. The predicted octanol–water partition coefficient (Wildman–Crippen LogP) is 4.15. The summed E-state index contributed by atoms with van der Waals surface area (Å²) < 4.78 is 0. The van der Waals surface area contributed by atoms with Crippen LogP contribution in [0.25, 0.3) is 0 Å². The molecule has 0 spiro atoms. The second-order valence-corrected chi connectivity index (χ2v) is 7.81. The number of benzene rings is 1. The van der Waals surface area contributed by atoms with Crippen molar-refractivity contribution in [1.29, 1.82) is 0 Å². The highest BCUT2D eigenvalue weighted by molar-refractivity contribution is 5.35. The van der Waals surface area contributed by atoms with E-state index in [2.05, 4.69) is 38.1 Å². The van der Waals surface area contributed by atoms with Gasteiger partial charge in [0, 0.05) is 0 Å². The van der Waals surface area contributed by atoms with Gasteiger partial charge in [0.2, 0.25) is 0 Å². The Morgan fingerprint density at radius 2 is 1.95 bits per heavy atom. The molecule has 0 amide bonds. The van der Waals surface area contributed by atoms with Crippen molar-refractivity contribution in [2.45, 2.75) is 58.0 Å². The minimum Gasteiger partial charge on any atom is -0.393 e. The van der Waals surface area contributed by atoms with E-state index in [4.69, 9.17) is 0 Å². The molecule has 20 heavy (non-hydrogen) atoms. The molecule has 0 heterocycles. The highest BCUT2D eigenvalue weighted by Crippen LogP contribution is 2.61. The molecule has 6 atom stereocenters. The molecule has 2 saturated carbocycles. The molecular formula is C19H26O. The lowest BCUT2D eigenvalue weighted by atomic mass is 9.53. The van der Waals surface area contributed by atoms with E-state index in [0.717, 1.165) is 30.1 Å². The van der Waals surface area contributed by atoms with Gasteiger partial charge in [-0.2, -0.15) is 0 Å². The van der Waals surface area contributed by atoms with Crippen LogP contribution in [0.2, 0.25) is 0 Å². The van der Waals surface area contributed by atoms with Crippen LogP contribution in [0.1, 0.15) is 56.6 Å². The second-order valence-electron chi connectivity index (χ2n) is 7.81. The molecule has 0 bridgehead atoms. The zero-order valence-electron chi connectivity index (χ0n) is 12.7. The van der Waals surface area contributed by atoms with Crippen molar-refractivity contribution in [3.05, 3.63) is 35.4 Å². The van der Waals surface area contributed by atoms with Gasteiger partial charge in [0.05, 0.1) is 6.10 Å². The van der Waals surface area contributed by atoms with Crippen LogP contribution in [0.4, 0.5) is 0 Å². The number of hydrogen-bond acceptors (Lipinski definition) is 1. The Morgan fingerprint density at radius 3 is 2.80 bits per heavy atom. The van der Waals surface area contributed by atoms with Crippen molar-refractivity contribution in [2.24, 2.45) is 23.2 Å². The van der Waals surface area contributed by atoms with Gasteiger partial charge in [-0.15, -0.1) is 0 Å². The minimum atomic E-state index is -0.0576. The van der Waals surface area contributed by atoms with Gasteiger partial charge in [-0.05, 0) is 72.3 Å². The lowest BCUT2D eigenvalue weighted by Gasteiger charge is -2.52. The molecule has 1 aromatic carbocycles. The quantitative estimate of drug-likeness (QED) is 0.751. The number of aliphatic hydroxyl groups excluding tert-OH is 1. The Balaban J connectivity index is 1.76. The first-order valence-corrected chi connectivity index (χ1v) is 8.37. The molecule has 108 valence electrons. The molecule has 1 heteroatoms. The van der Waals surface area contributed by atoms with E-state index in [9.17, 15) is 5.11 Å². The molecule has 3 aliphatic rings. The lowest BCUT2D eigenvalue weighted by Crippen LogP contribution is -2.46. The summed E-state index contributed by atoms with van der Waals surface area (Å²) in [5, 5.41) is 10.5. The highest BCUT2D eigenvalue weighted by Gasteiger charge is 2.55. The summed E-state index contributed by atoms with van der Waals surface area (Å²) in [4.78, 5) is 0. The fraction of sp³-hybridized carbons (Fsp3) is 0.684. The summed E-state index contributed by atoms with van der Waals surface area (Å²) in [6.45, 7) is 4.81. The summed E-state index contributed by atoms with van der Waals surface area (Å²) >= 11 is 0. The predicted molar refractivity (Wildman–Crippen MR) is 81.6 cm³/mol. The number of aliphatic hydroxyl groups is 1. The summed E-state index contributed by atoms with van der Waals surface area (Å²) in [6.07, 6.45) is 5.93. The molecule has 0 radical (unpaired) electrons. The molecule has 0 aliphatic heterocycles. The maximum Gasteiger partial charge on any atom is 0.0596 e. The zero-order valence-corrected chi connectivity index (χ0v) is 12.7. The average Bonchev–Trinajstić information content (AvgIpc) is 2.75. The van der Waals surface area contributed by atoms with Crippen molar-refractivity contribution in [2.75, 3.05) is 0 Å². The van der Waals surface area contributed by atoms with Gasteiger partial charge in [-0.3, -0.25) is 0 Å². The van der Waals surface area contributed by atoms with Gasteiger partial charge >= 0.3 is 0 Å². The van der Waals surface area contributed by atoms with Gasteiger partial charge in [-0.1, -0.05) is 38.1 Å². The third-order valence-electron chi connectivity index (χ3n) is 6.94.